The first-order valence-electron chi connectivity index (χ1n) is 12.3. The normalized spacial score (nSPS) is 11.3. The number of carbonyl (C=O) groups is 1. The van der Waals surface area contributed by atoms with Gasteiger partial charge in [-0.25, -0.2) is 0 Å². The van der Waals surface area contributed by atoms with Gasteiger partial charge in [-0.15, -0.1) is 10.2 Å². The predicted molar refractivity (Wildman–Crippen MR) is 154 cm³/mol. The zero-order valence-corrected chi connectivity index (χ0v) is 23.1. The van der Waals surface area contributed by atoms with Crippen LogP contribution in [0.25, 0.3) is 17.1 Å². The summed E-state index contributed by atoms with van der Waals surface area (Å²) >= 11 is 7.49. The van der Waals surface area contributed by atoms with Crippen LogP contribution in [-0.2, 0) is 11.9 Å². The van der Waals surface area contributed by atoms with Gasteiger partial charge in [-0.3, -0.25) is 9.36 Å². The third kappa shape index (κ3) is 6.55. The maximum Gasteiger partial charge on any atom is 0.416 e. The van der Waals surface area contributed by atoms with Gasteiger partial charge in [0.05, 0.1) is 23.4 Å². The van der Waals surface area contributed by atoms with Crippen molar-refractivity contribution >= 4 is 35.0 Å². The predicted octanol–water partition coefficient (Wildman–Crippen LogP) is 8.16. The lowest BCUT2D eigenvalue weighted by atomic mass is 10.1. The molecule has 6 nitrogen and oxygen atoms in total. The van der Waals surface area contributed by atoms with Crippen LogP contribution in [0, 0.1) is 0 Å². The maximum absolute atomic E-state index is 13.1. The topological polar surface area (TPSA) is 69.0 Å². The van der Waals surface area contributed by atoms with Crippen LogP contribution < -0.4 is 10.1 Å². The average Bonchev–Trinajstić information content (AvgIpc) is 3.41. The van der Waals surface area contributed by atoms with Crippen molar-refractivity contribution in [2.45, 2.75) is 17.1 Å². The number of benzene rings is 4. The van der Waals surface area contributed by atoms with Crippen molar-refractivity contribution in [3.8, 4) is 22.8 Å². The van der Waals surface area contributed by atoms with Crippen LogP contribution in [0.15, 0.2) is 102 Å². The molecule has 1 heterocycles. The molecule has 0 fully saturated rings. The van der Waals surface area contributed by atoms with E-state index in [1.807, 2.05) is 59.2 Å². The molecule has 1 aromatic heterocycles. The summed E-state index contributed by atoms with van der Waals surface area (Å²) in [4.78, 5) is 12.7. The average molecular weight is 595 g/mol. The minimum atomic E-state index is -4.55. The molecule has 0 saturated heterocycles. The number of anilines is 1. The van der Waals surface area contributed by atoms with Crippen molar-refractivity contribution in [2.24, 2.45) is 0 Å². The van der Waals surface area contributed by atoms with E-state index in [4.69, 9.17) is 16.3 Å². The van der Waals surface area contributed by atoms with E-state index in [-0.39, 0.29) is 16.3 Å². The number of nitrogens with one attached hydrogen (secondary N) is 1. The number of amides is 1. The number of alkyl halides is 3. The summed E-state index contributed by atoms with van der Waals surface area (Å²) in [5.41, 5.74) is 1.96. The van der Waals surface area contributed by atoms with Crippen LogP contribution in [0.4, 0.5) is 18.9 Å². The molecule has 5 rings (SSSR count). The number of thioether (sulfide) groups is 1. The van der Waals surface area contributed by atoms with Crippen molar-refractivity contribution in [1.29, 1.82) is 0 Å². The molecule has 0 unspecified atom stereocenters. The minimum Gasteiger partial charge on any atom is -0.497 e. The molecular formula is C30H22ClF3N4O2S. The van der Waals surface area contributed by atoms with E-state index < -0.39 is 17.6 Å². The van der Waals surface area contributed by atoms with Crippen LogP contribution in [0.3, 0.4) is 0 Å². The summed E-state index contributed by atoms with van der Waals surface area (Å²) in [5.74, 6) is 1.39. The molecule has 4 aromatic carbocycles. The van der Waals surface area contributed by atoms with Gasteiger partial charge in [-0.2, -0.15) is 13.2 Å². The molecule has 0 aliphatic heterocycles. The van der Waals surface area contributed by atoms with Crippen molar-refractivity contribution in [1.82, 2.24) is 14.8 Å². The Bertz CT molecular complexity index is 1660. The van der Waals surface area contributed by atoms with Crippen LogP contribution in [0.1, 0.15) is 21.5 Å². The van der Waals surface area contributed by atoms with Crippen molar-refractivity contribution < 1.29 is 22.7 Å². The van der Waals surface area contributed by atoms with Gasteiger partial charge in [-0.1, -0.05) is 65.8 Å². The van der Waals surface area contributed by atoms with E-state index in [0.29, 0.717) is 16.7 Å². The lowest BCUT2D eigenvalue weighted by Crippen LogP contribution is -2.13. The Morgan fingerprint density at radius 3 is 2.32 bits per heavy atom. The Hall–Kier alpha value is -4.28. The SMILES string of the molecule is COc1ccc(-n2c(SCc3ccc(C(=O)Nc4cc(C(F)(F)F)ccc4Cl)cc3)nnc2-c2ccccc2)cc1. The molecule has 0 atom stereocenters. The summed E-state index contributed by atoms with van der Waals surface area (Å²) in [6, 6.07) is 26.9. The van der Waals surface area contributed by atoms with Gasteiger partial charge in [0.2, 0.25) is 0 Å². The second kappa shape index (κ2) is 12.1. The van der Waals surface area contributed by atoms with Gasteiger partial charge in [0.1, 0.15) is 5.75 Å². The molecule has 11 heteroatoms. The number of carbonyl (C=O) groups excluding carboxylic acids is 1. The highest BCUT2D eigenvalue weighted by Crippen LogP contribution is 2.34. The highest BCUT2D eigenvalue weighted by molar-refractivity contribution is 7.98. The van der Waals surface area contributed by atoms with Gasteiger partial charge < -0.3 is 10.1 Å². The van der Waals surface area contributed by atoms with Crippen LogP contribution in [-0.4, -0.2) is 27.8 Å². The highest BCUT2D eigenvalue weighted by Gasteiger charge is 2.31. The number of nitrogens with zero attached hydrogens (tertiary/aromatic N) is 3. The summed E-state index contributed by atoms with van der Waals surface area (Å²) in [6.45, 7) is 0. The Balaban J connectivity index is 1.33. The van der Waals surface area contributed by atoms with E-state index in [1.54, 1.807) is 31.4 Å². The Labute approximate surface area is 243 Å². The van der Waals surface area contributed by atoms with Gasteiger partial charge >= 0.3 is 6.18 Å². The molecule has 1 N–H and O–H groups in total. The molecule has 1 amide bonds. The molecule has 41 heavy (non-hydrogen) atoms. The molecule has 0 spiro atoms. The number of methoxy groups -OCH3 is 1. The molecule has 208 valence electrons. The summed E-state index contributed by atoms with van der Waals surface area (Å²) < 4.78 is 46.5. The van der Waals surface area contributed by atoms with Gasteiger partial charge in [0, 0.05) is 22.6 Å². The maximum atomic E-state index is 13.1. The van der Waals surface area contributed by atoms with Crippen molar-refractivity contribution in [3.05, 3.63) is 119 Å². The van der Waals surface area contributed by atoms with E-state index in [9.17, 15) is 18.0 Å². The zero-order valence-electron chi connectivity index (χ0n) is 21.5. The lowest BCUT2D eigenvalue weighted by Gasteiger charge is -2.12. The summed E-state index contributed by atoms with van der Waals surface area (Å²) in [5, 5.41) is 12.0. The third-order valence-corrected chi connectivity index (χ3v) is 7.45. The number of hydrogen-bond acceptors (Lipinski definition) is 5. The van der Waals surface area contributed by atoms with Crippen molar-refractivity contribution in [2.75, 3.05) is 12.4 Å². The smallest absolute Gasteiger partial charge is 0.416 e. The quantitative estimate of drug-likeness (QED) is 0.184. The Kier molecular flexibility index (Phi) is 8.32. The monoisotopic (exact) mass is 594 g/mol. The van der Waals surface area contributed by atoms with Crippen LogP contribution in [0.2, 0.25) is 5.02 Å². The molecule has 0 saturated carbocycles. The molecule has 0 radical (unpaired) electrons. The number of aromatic nitrogens is 3. The first-order valence-corrected chi connectivity index (χ1v) is 13.6. The Morgan fingerprint density at radius 1 is 0.951 bits per heavy atom. The van der Waals surface area contributed by atoms with E-state index in [0.717, 1.165) is 40.8 Å². The standard InChI is InChI=1S/C30H22ClF3N4O2S/c1-40-24-14-12-23(13-15-24)38-27(20-5-3-2-4-6-20)36-37-29(38)41-18-19-7-9-21(10-8-19)28(39)35-26-17-22(30(32,33)34)11-16-25(26)31/h2-17H,18H2,1H3,(H,35,39). The number of hydrogen-bond donors (Lipinski definition) is 1. The first kappa shape index (κ1) is 28.3. The second-order valence-corrected chi connectivity index (χ2v) is 10.2. The minimum absolute atomic E-state index is 0.00946. The fraction of sp³-hybridized carbons (Fsp3) is 0.100. The summed E-state index contributed by atoms with van der Waals surface area (Å²) in [6.07, 6.45) is -4.55. The van der Waals surface area contributed by atoms with Gasteiger partial charge in [0.15, 0.2) is 11.0 Å². The number of halogens is 4. The largest absolute Gasteiger partial charge is 0.497 e. The fourth-order valence-corrected chi connectivity index (χ4v) is 5.07. The highest BCUT2D eigenvalue weighted by atomic mass is 35.5. The van der Waals surface area contributed by atoms with Gasteiger partial charge in [0.25, 0.3) is 5.91 Å². The van der Waals surface area contributed by atoms with E-state index >= 15 is 0 Å². The molecular weight excluding hydrogens is 573 g/mol. The van der Waals surface area contributed by atoms with Crippen LogP contribution in [0.5, 0.6) is 5.75 Å². The van der Waals surface area contributed by atoms with Crippen molar-refractivity contribution in [3.63, 3.8) is 0 Å². The molecule has 0 aliphatic rings. The Morgan fingerprint density at radius 2 is 1.66 bits per heavy atom. The van der Waals surface area contributed by atoms with E-state index in [1.165, 1.54) is 11.8 Å². The first-order chi connectivity index (χ1) is 19.7. The zero-order chi connectivity index (χ0) is 29.0. The molecule has 5 aromatic rings. The summed E-state index contributed by atoms with van der Waals surface area (Å²) in [7, 11) is 1.61. The second-order valence-electron chi connectivity index (χ2n) is 8.84. The third-order valence-electron chi connectivity index (χ3n) is 6.12. The van der Waals surface area contributed by atoms with E-state index in [2.05, 4.69) is 15.5 Å². The molecule has 0 bridgehead atoms. The van der Waals surface area contributed by atoms with Gasteiger partial charge in [-0.05, 0) is 60.2 Å². The number of ether oxygens (including phenoxy) is 1. The number of rotatable bonds is 8. The van der Waals surface area contributed by atoms with Crippen LogP contribution >= 0.6 is 23.4 Å². The fourth-order valence-electron chi connectivity index (χ4n) is 3.99. The molecule has 0 aliphatic carbocycles. The lowest BCUT2D eigenvalue weighted by molar-refractivity contribution is -0.137.